The van der Waals surface area contributed by atoms with Crippen molar-refractivity contribution in [2.24, 2.45) is 0 Å². The van der Waals surface area contributed by atoms with Gasteiger partial charge in [-0.05, 0) is 159 Å². The van der Waals surface area contributed by atoms with Gasteiger partial charge in [-0.25, -0.2) is 0 Å². The SMILES string of the molecule is c1ccc(-c2ccc(-c3cc4cc(c3)Cc3cc(cc(-c5ccc(-c6ccccc6)cc5)c3)Cc3cc(cc(-c5ccc(-c6ccccc6)cc5)c3)Cc3cc(cc(-c5ccc(-c6ccccc6)cc5)c3)C4)cc2)cc1. The molecule has 0 N–H and O–H groups in total. The minimum absolute atomic E-state index is 0.810. The van der Waals surface area contributed by atoms with Crippen molar-refractivity contribution in [2.45, 2.75) is 25.7 Å². The first-order valence-corrected chi connectivity index (χ1v) is 26.7. The Balaban J connectivity index is 0.949. The second-order valence-corrected chi connectivity index (χ2v) is 20.6. The Hall–Kier alpha value is -9.36. The van der Waals surface area contributed by atoms with Crippen LogP contribution in [0.3, 0.4) is 0 Å². The first-order valence-electron chi connectivity index (χ1n) is 26.7. The van der Waals surface area contributed by atoms with Crippen LogP contribution in [0, 0.1) is 0 Å². The van der Waals surface area contributed by atoms with E-state index in [2.05, 4.69) is 291 Å². The van der Waals surface area contributed by atoms with Crippen LogP contribution in [0.2, 0.25) is 0 Å². The molecule has 12 aromatic carbocycles. The molecule has 0 heteroatoms. The van der Waals surface area contributed by atoms with Gasteiger partial charge in [0.25, 0.3) is 0 Å². The van der Waals surface area contributed by atoms with E-state index in [9.17, 15) is 0 Å². The van der Waals surface area contributed by atoms with Crippen LogP contribution < -0.4 is 0 Å². The Morgan fingerprint density at radius 2 is 0.250 bits per heavy atom. The van der Waals surface area contributed by atoms with Crippen molar-refractivity contribution in [1.82, 2.24) is 0 Å². The van der Waals surface area contributed by atoms with Crippen molar-refractivity contribution in [1.29, 1.82) is 0 Å². The number of fused-ring (bicyclic) bond motifs is 8. The van der Waals surface area contributed by atoms with Crippen molar-refractivity contribution < 1.29 is 0 Å². The molecule has 0 saturated heterocycles. The topological polar surface area (TPSA) is 0 Å². The summed E-state index contributed by atoms with van der Waals surface area (Å²) in [6.07, 6.45) is 3.24. The largest absolute Gasteiger partial charge is 0.0622 e. The summed E-state index contributed by atoms with van der Waals surface area (Å²) in [6, 6.07) is 109. The second kappa shape index (κ2) is 20.9. The fourth-order valence-corrected chi connectivity index (χ4v) is 11.4. The first-order chi connectivity index (χ1) is 37.5. The van der Waals surface area contributed by atoms with E-state index in [1.807, 2.05) is 0 Å². The van der Waals surface area contributed by atoms with Gasteiger partial charge >= 0.3 is 0 Å². The van der Waals surface area contributed by atoms with E-state index in [1.54, 1.807) is 0 Å². The van der Waals surface area contributed by atoms with Gasteiger partial charge in [-0.15, -0.1) is 0 Å². The molecule has 0 fully saturated rings. The monoisotopic (exact) mass is 968 g/mol. The molecule has 12 aromatic rings. The number of rotatable bonds is 8. The highest BCUT2D eigenvalue weighted by molar-refractivity contribution is 5.76. The Labute approximate surface area is 448 Å². The predicted molar refractivity (Wildman–Crippen MR) is 320 cm³/mol. The van der Waals surface area contributed by atoms with E-state index in [0.717, 1.165) is 25.7 Å². The zero-order valence-electron chi connectivity index (χ0n) is 42.5. The van der Waals surface area contributed by atoms with Crippen molar-refractivity contribution >= 4 is 0 Å². The van der Waals surface area contributed by atoms with E-state index < -0.39 is 0 Å². The molecule has 76 heavy (non-hydrogen) atoms. The summed E-state index contributed by atoms with van der Waals surface area (Å²) < 4.78 is 0. The van der Waals surface area contributed by atoms with Gasteiger partial charge in [0.05, 0.1) is 0 Å². The molecule has 0 aliphatic heterocycles. The maximum atomic E-state index is 2.47. The summed E-state index contributed by atoms with van der Waals surface area (Å²) in [5.41, 5.74) is 30.2. The second-order valence-electron chi connectivity index (χ2n) is 20.6. The van der Waals surface area contributed by atoms with Crippen LogP contribution in [0.4, 0.5) is 0 Å². The average molecular weight is 969 g/mol. The summed E-state index contributed by atoms with van der Waals surface area (Å²) in [5, 5.41) is 0. The summed E-state index contributed by atoms with van der Waals surface area (Å²) in [7, 11) is 0. The molecule has 1 aliphatic rings. The molecule has 13 rings (SSSR count). The average Bonchev–Trinajstić information content (AvgIpc) is 3.48. The van der Waals surface area contributed by atoms with Crippen LogP contribution in [0.1, 0.15) is 44.5 Å². The normalized spacial score (nSPS) is 12.0. The summed E-state index contributed by atoms with van der Waals surface area (Å²) >= 11 is 0. The van der Waals surface area contributed by atoms with E-state index >= 15 is 0 Å². The van der Waals surface area contributed by atoms with Gasteiger partial charge in [0.15, 0.2) is 0 Å². The molecule has 0 radical (unpaired) electrons. The highest BCUT2D eigenvalue weighted by atomic mass is 14.2. The zero-order valence-corrected chi connectivity index (χ0v) is 42.5. The molecule has 0 unspecified atom stereocenters. The number of hydrogen-bond acceptors (Lipinski definition) is 0. The summed E-state index contributed by atoms with van der Waals surface area (Å²) in [4.78, 5) is 0. The third kappa shape index (κ3) is 10.4. The van der Waals surface area contributed by atoms with Gasteiger partial charge in [-0.1, -0.05) is 291 Å². The van der Waals surface area contributed by atoms with E-state index in [1.165, 1.54) is 134 Å². The third-order valence-corrected chi connectivity index (χ3v) is 15.1. The smallest absolute Gasteiger partial charge is 0.00251 e. The molecule has 0 spiro atoms. The highest BCUT2D eigenvalue weighted by Gasteiger charge is 2.15. The first kappa shape index (κ1) is 46.4. The fraction of sp³-hybridized carbons (Fsp3) is 0.0526. The lowest BCUT2D eigenvalue weighted by molar-refractivity contribution is 1.09. The van der Waals surface area contributed by atoms with Gasteiger partial charge in [0.2, 0.25) is 0 Å². The Morgan fingerprint density at radius 1 is 0.118 bits per heavy atom. The minimum Gasteiger partial charge on any atom is -0.0622 e. The standard InChI is InChI=1S/C76H56/c1-5-13-61(14-6-1)65-21-29-69(30-22-65)73-45-53-37-54(46-73)42-56-39-58(50-75(48-56)71-33-25-67(26-34-71)63-17-9-3-10-18-63)44-60-40-59(51-76(52-60)72-35-27-68(28-36-72)64-19-11-4-12-20-64)43-57-38-55(41-53)47-74(49-57)70-31-23-66(24-32-70)62-15-7-2-8-16-62/h1-40,45-52H,41-44H2. The van der Waals surface area contributed by atoms with E-state index in [0.29, 0.717) is 0 Å². The Bertz CT molecular complexity index is 3340. The number of benzene rings is 12. The van der Waals surface area contributed by atoms with Crippen LogP contribution in [0.5, 0.6) is 0 Å². The maximum absolute atomic E-state index is 2.47. The summed E-state index contributed by atoms with van der Waals surface area (Å²) in [6.45, 7) is 0. The van der Waals surface area contributed by atoms with Crippen molar-refractivity contribution in [3.05, 3.63) is 336 Å². The molecule has 0 nitrogen and oxygen atoms in total. The lowest BCUT2D eigenvalue weighted by Crippen LogP contribution is -2.00. The Morgan fingerprint density at radius 3 is 0.408 bits per heavy atom. The molecular formula is C76H56. The van der Waals surface area contributed by atoms with Crippen LogP contribution in [-0.2, 0) is 25.7 Å². The van der Waals surface area contributed by atoms with Crippen molar-refractivity contribution in [3.63, 3.8) is 0 Å². The zero-order chi connectivity index (χ0) is 50.6. The van der Waals surface area contributed by atoms with Gasteiger partial charge in [-0.2, -0.15) is 0 Å². The molecule has 360 valence electrons. The van der Waals surface area contributed by atoms with Gasteiger partial charge in [0.1, 0.15) is 0 Å². The van der Waals surface area contributed by atoms with E-state index in [-0.39, 0.29) is 0 Å². The molecule has 0 aromatic heterocycles. The quantitative estimate of drug-likeness (QED) is 0.142. The molecular weight excluding hydrogens is 913 g/mol. The fourth-order valence-electron chi connectivity index (χ4n) is 11.4. The molecule has 0 heterocycles. The maximum Gasteiger partial charge on any atom is -0.00251 e. The van der Waals surface area contributed by atoms with Crippen LogP contribution in [-0.4, -0.2) is 0 Å². The lowest BCUT2D eigenvalue weighted by Gasteiger charge is -2.17. The third-order valence-electron chi connectivity index (χ3n) is 15.1. The number of hydrogen-bond donors (Lipinski definition) is 0. The van der Waals surface area contributed by atoms with Crippen LogP contribution in [0.25, 0.3) is 89.0 Å². The van der Waals surface area contributed by atoms with Gasteiger partial charge in [-0.3, -0.25) is 0 Å². The van der Waals surface area contributed by atoms with Crippen molar-refractivity contribution in [2.75, 3.05) is 0 Å². The van der Waals surface area contributed by atoms with Crippen molar-refractivity contribution in [3.8, 4) is 89.0 Å². The Kier molecular flexibility index (Phi) is 12.7. The molecule has 8 bridgehead atoms. The molecule has 0 amide bonds. The van der Waals surface area contributed by atoms with Gasteiger partial charge < -0.3 is 0 Å². The lowest BCUT2D eigenvalue weighted by atomic mass is 9.88. The molecule has 0 saturated carbocycles. The van der Waals surface area contributed by atoms with E-state index in [4.69, 9.17) is 0 Å². The van der Waals surface area contributed by atoms with Crippen LogP contribution >= 0.6 is 0 Å². The molecule has 1 aliphatic carbocycles. The molecule has 0 atom stereocenters. The van der Waals surface area contributed by atoms with Gasteiger partial charge in [0, 0.05) is 0 Å². The predicted octanol–water partition coefficient (Wildman–Crippen LogP) is 19.7. The highest BCUT2D eigenvalue weighted by Crippen LogP contribution is 2.35. The van der Waals surface area contributed by atoms with Crippen LogP contribution in [0.15, 0.2) is 291 Å². The minimum atomic E-state index is 0.810. The summed E-state index contributed by atoms with van der Waals surface area (Å²) in [5.74, 6) is 0.